The third-order valence-electron chi connectivity index (χ3n) is 2.51. The summed E-state index contributed by atoms with van der Waals surface area (Å²) in [4.78, 5) is 10.4. The standard InChI is InChI=1S/C15H10ClNO2/c1-11-3-2-4-12(9-11)5-6-13-10-14(16)7-8-15(13)17(18)19/h2-4,7-10H,1H3. The van der Waals surface area contributed by atoms with Gasteiger partial charge in [0, 0.05) is 16.7 Å². The van der Waals surface area contributed by atoms with Crippen LogP contribution in [0.4, 0.5) is 5.69 Å². The van der Waals surface area contributed by atoms with Gasteiger partial charge in [0.1, 0.15) is 5.56 Å². The Morgan fingerprint density at radius 1 is 1.16 bits per heavy atom. The molecular weight excluding hydrogens is 262 g/mol. The summed E-state index contributed by atoms with van der Waals surface area (Å²) >= 11 is 5.84. The van der Waals surface area contributed by atoms with Gasteiger partial charge in [-0.2, -0.15) is 0 Å². The van der Waals surface area contributed by atoms with Crippen LogP contribution >= 0.6 is 11.6 Å². The summed E-state index contributed by atoms with van der Waals surface area (Å²) in [6.45, 7) is 1.97. The molecule has 0 atom stereocenters. The van der Waals surface area contributed by atoms with E-state index in [1.807, 2.05) is 31.2 Å². The highest BCUT2D eigenvalue weighted by atomic mass is 35.5. The number of rotatable bonds is 1. The van der Waals surface area contributed by atoms with E-state index < -0.39 is 4.92 Å². The molecule has 94 valence electrons. The molecular formula is C15H10ClNO2. The zero-order chi connectivity index (χ0) is 13.8. The first-order valence-corrected chi connectivity index (χ1v) is 5.97. The first-order chi connectivity index (χ1) is 9.06. The third kappa shape index (κ3) is 3.34. The average molecular weight is 272 g/mol. The van der Waals surface area contributed by atoms with Crippen LogP contribution in [-0.2, 0) is 0 Å². The van der Waals surface area contributed by atoms with Crippen molar-refractivity contribution >= 4 is 17.3 Å². The number of nitrogens with zero attached hydrogens (tertiary/aromatic N) is 1. The van der Waals surface area contributed by atoms with Gasteiger partial charge in [-0.1, -0.05) is 35.6 Å². The number of nitro benzene ring substituents is 1. The topological polar surface area (TPSA) is 43.1 Å². The molecule has 2 aromatic rings. The van der Waals surface area contributed by atoms with Gasteiger partial charge in [0.25, 0.3) is 5.69 Å². The fourth-order valence-corrected chi connectivity index (χ4v) is 1.80. The predicted molar refractivity (Wildman–Crippen MR) is 75.3 cm³/mol. The lowest BCUT2D eigenvalue weighted by Crippen LogP contribution is -1.91. The van der Waals surface area contributed by atoms with Crippen LogP contribution in [0.3, 0.4) is 0 Å². The van der Waals surface area contributed by atoms with E-state index in [9.17, 15) is 10.1 Å². The van der Waals surface area contributed by atoms with E-state index in [1.54, 1.807) is 0 Å². The molecule has 0 saturated carbocycles. The van der Waals surface area contributed by atoms with Crippen LogP contribution in [0.2, 0.25) is 5.02 Å². The Kier molecular flexibility index (Phi) is 3.84. The molecule has 0 aliphatic heterocycles. The van der Waals surface area contributed by atoms with Crippen LogP contribution in [0.15, 0.2) is 42.5 Å². The second kappa shape index (κ2) is 5.55. The molecule has 0 bridgehead atoms. The number of nitro groups is 1. The fourth-order valence-electron chi connectivity index (χ4n) is 1.63. The van der Waals surface area contributed by atoms with Crippen LogP contribution in [0.1, 0.15) is 16.7 Å². The van der Waals surface area contributed by atoms with E-state index in [0.29, 0.717) is 10.6 Å². The molecule has 0 N–H and O–H groups in total. The lowest BCUT2D eigenvalue weighted by molar-refractivity contribution is -0.385. The summed E-state index contributed by atoms with van der Waals surface area (Å²) in [5.41, 5.74) is 2.19. The molecule has 0 aliphatic carbocycles. The fraction of sp³-hybridized carbons (Fsp3) is 0.0667. The SMILES string of the molecule is Cc1cccc(C#Cc2cc(Cl)ccc2[N+](=O)[O-])c1. The van der Waals surface area contributed by atoms with E-state index in [-0.39, 0.29) is 5.69 Å². The minimum absolute atomic E-state index is 0.0375. The lowest BCUT2D eigenvalue weighted by atomic mass is 10.1. The smallest absolute Gasteiger partial charge is 0.258 e. The van der Waals surface area contributed by atoms with Gasteiger partial charge in [0.2, 0.25) is 0 Å². The van der Waals surface area contributed by atoms with E-state index in [1.165, 1.54) is 18.2 Å². The lowest BCUT2D eigenvalue weighted by Gasteiger charge is -1.96. The van der Waals surface area contributed by atoms with Gasteiger partial charge < -0.3 is 0 Å². The molecule has 0 amide bonds. The summed E-state index contributed by atoms with van der Waals surface area (Å²) in [6.07, 6.45) is 0. The molecule has 0 aromatic heterocycles. The number of benzene rings is 2. The maximum atomic E-state index is 10.9. The molecule has 0 unspecified atom stereocenters. The molecule has 0 fully saturated rings. The van der Waals surface area contributed by atoms with Gasteiger partial charge in [-0.3, -0.25) is 10.1 Å². The molecule has 2 rings (SSSR count). The molecule has 3 nitrogen and oxygen atoms in total. The summed E-state index contributed by atoms with van der Waals surface area (Å²) in [6, 6.07) is 12.0. The summed E-state index contributed by atoms with van der Waals surface area (Å²) in [5, 5.41) is 11.3. The Morgan fingerprint density at radius 2 is 1.95 bits per heavy atom. The van der Waals surface area contributed by atoms with Crippen molar-refractivity contribution in [2.75, 3.05) is 0 Å². The summed E-state index contributed by atoms with van der Waals surface area (Å²) in [5.74, 6) is 5.71. The van der Waals surface area contributed by atoms with E-state index in [0.717, 1.165) is 11.1 Å². The van der Waals surface area contributed by atoms with Crippen molar-refractivity contribution in [3.05, 3.63) is 74.3 Å². The monoisotopic (exact) mass is 271 g/mol. The van der Waals surface area contributed by atoms with Gasteiger partial charge >= 0.3 is 0 Å². The normalized spacial score (nSPS) is 9.58. The summed E-state index contributed by atoms with van der Waals surface area (Å²) in [7, 11) is 0. The highest BCUT2D eigenvalue weighted by Crippen LogP contribution is 2.21. The van der Waals surface area contributed by atoms with Crippen LogP contribution in [0, 0.1) is 28.9 Å². The molecule has 2 aromatic carbocycles. The van der Waals surface area contributed by atoms with Crippen molar-refractivity contribution < 1.29 is 4.92 Å². The van der Waals surface area contributed by atoms with E-state index in [4.69, 9.17) is 11.6 Å². The number of hydrogen-bond acceptors (Lipinski definition) is 2. The first-order valence-electron chi connectivity index (χ1n) is 5.59. The molecule has 0 heterocycles. The Labute approximate surface area is 116 Å². The van der Waals surface area contributed by atoms with E-state index in [2.05, 4.69) is 11.8 Å². The van der Waals surface area contributed by atoms with Gasteiger partial charge in [-0.15, -0.1) is 0 Å². The predicted octanol–water partition coefficient (Wildman–Crippen LogP) is 3.96. The number of hydrogen-bond donors (Lipinski definition) is 0. The number of halogens is 1. The Morgan fingerprint density at radius 3 is 2.63 bits per heavy atom. The minimum Gasteiger partial charge on any atom is -0.258 e. The van der Waals surface area contributed by atoms with Gasteiger partial charge in [0.15, 0.2) is 0 Å². The van der Waals surface area contributed by atoms with Gasteiger partial charge in [0.05, 0.1) is 4.92 Å². The molecule has 0 aliphatic rings. The molecule has 4 heteroatoms. The largest absolute Gasteiger partial charge is 0.285 e. The molecule has 0 radical (unpaired) electrons. The molecule has 19 heavy (non-hydrogen) atoms. The van der Waals surface area contributed by atoms with Crippen molar-refractivity contribution in [3.8, 4) is 11.8 Å². The zero-order valence-corrected chi connectivity index (χ0v) is 10.9. The minimum atomic E-state index is -0.462. The Hall–Kier alpha value is -2.31. The van der Waals surface area contributed by atoms with Crippen LogP contribution < -0.4 is 0 Å². The maximum absolute atomic E-state index is 10.9. The van der Waals surface area contributed by atoms with Crippen LogP contribution in [0.5, 0.6) is 0 Å². The van der Waals surface area contributed by atoms with Crippen molar-refractivity contribution in [1.82, 2.24) is 0 Å². The second-order valence-corrected chi connectivity index (χ2v) is 4.47. The third-order valence-corrected chi connectivity index (χ3v) is 2.75. The van der Waals surface area contributed by atoms with Crippen molar-refractivity contribution in [2.24, 2.45) is 0 Å². The average Bonchev–Trinajstić information content (AvgIpc) is 2.36. The highest BCUT2D eigenvalue weighted by Gasteiger charge is 2.11. The quantitative estimate of drug-likeness (QED) is 0.448. The highest BCUT2D eigenvalue weighted by molar-refractivity contribution is 6.30. The van der Waals surface area contributed by atoms with Gasteiger partial charge in [-0.05, 0) is 36.8 Å². The van der Waals surface area contributed by atoms with Crippen LogP contribution in [0.25, 0.3) is 0 Å². The van der Waals surface area contributed by atoms with Crippen molar-refractivity contribution in [2.45, 2.75) is 6.92 Å². The van der Waals surface area contributed by atoms with Crippen molar-refractivity contribution in [1.29, 1.82) is 0 Å². The Balaban J connectivity index is 2.44. The summed E-state index contributed by atoms with van der Waals surface area (Å²) < 4.78 is 0. The number of aryl methyl sites for hydroxylation is 1. The zero-order valence-electron chi connectivity index (χ0n) is 10.2. The maximum Gasteiger partial charge on any atom is 0.285 e. The van der Waals surface area contributed by atoms with E-state index >= 15 is 0 Å². The van der Waals surface area contributed by atoms with Crippen molar-refractivity contribution in [3.63, 3.8) is 0 Å². The van der Waals surface area contributed by atoms with Gasteiger partial charge in [-0.25, -0.2) is 0 Å². The molecule has 0 spiro atoms. The Bertz CT molecular complexity index is 699. The second-order valence-electron chi connectivity index (χ2n) is 4.04. The van der Waals surface area contributed by atoms with Crippen LogP contribution in [-0.4, -0.2) is 4.92 Å². The first kappa shape index (κ1) is 13.1. The molecule has 0 saturated heterocycles.